The summed E-state index contributed by atoms with van der Waals surface area (Å²) in [4.78, 5) is 9.35. The molecular formula is C22H23N5O. The van der Waals surface area contributed by atoms with Gasteiger partial charge in [0.15, 0.2) is 0 Å². The second-order valence-electron chi connectivity index (χ2n) is 7.14. The average Bonchev–Trinajstić information content (AvgIpc) is 2.98. The van der Waals surface area contributed by atoms with E-state index in [-0.39, 0.29) is 5.75 Å². The standard InChI is InChI=1S/C22H23N5O/c1-13-10-14(2)21-19(11-13)27(12-18-20(28)9-4-15(3)24-18)22(26-21)25-17-7-5-16(23)6-8-17/h4-11,28H,12,23H2,1-3H3,(H,25,26). The van der Waals surface area contributed by atoms with Gasteiger partial charge >= 0.3 is 0 Å². The van der Waals surface area contributed by atoms with Crippen molar-refractivity contribution in [3.05, 3.63) is 71.0 Å². The molecule has 0 aliphatic carbocycles. The Morgan fingerprint density at radius 3 is 2.50 bits per heavy atom. The summed E-state index contributed by atoms with van der Waals surface area (Å²) in [6.45, 7) is 6.45. The fourth-order valence-electron chi connectivity index (χ4n) is 3.39. The van der Waals surface area contributed by atoms with Gasteiger partial charge in [-0.05, 0) is 74.4 Å². The van der Waals surface area contributed by atoms with E-state index in [1.807, 2.05) is 35.8 Å². The predicted molar refractivity (Wildman–Crippen MR) is 113 cm³/mol. The fourth-order valence-corrected chi connectivity index (χ4v) is 3.39. The summed E-state index contributed by atoms with van der Waals surface area (Å²) in [5, 5.41) is 13.7. The number of nitrogens with zero attached hydrogens (tertiary/aromatic N) is 3. The first kappa shape index (κ1) is 17.9. The summed E-state index contributed by atoms with van der Waals surface area (Å²) < 4.78 is 2.05. The number of benzene rings is 2. The van der Waals surface area contributed by atoms with E-state index in [2.05, 4.69) is 36.3 Å². The van der Waals surface area contributed by atoms with Crippen molar-refractivity contribution in [2.45, 2.75) is 27.3 Å². The maximum atomic E-state index is 10.3. The van der Waals surface area contributed by atoms with Gasteiger partial charge in [0.05, 0.1) is 17.6 Å². The number of hydrogen-bond acceptors (Lipinski definition) is 5. The van der Waals surface area contributed by atoms with Crippen LogP contribution in [0.15, 0.2) is 48.5 Å². The third-order valence-electron chi connectivity index (χ3n) is 4.75. The number of rotatable bonds is 4. The highest BCUT2D eigenvalue weighted by Crippen LogP contribution is 2.29. The molecule has 0 fully saturated rings. The molecule has 4 N–H and O–H groups in total. The topological polar surface area (TPSA) is 89.0 Å². The number of nitrogen functional groups attached to an aromatic ring is 1. The minimum atomic E-state index is 0.176. The van der Waals surface area contributed by atoms with Gasteiger partial charge in [-0.1, -0.05) is 6.07 Å². The van der Waals surface area contributed by atoms with E-state index in [9.17, 15) is 5.11 Å². The number of aromatic hydroxyl groups is 1. The minimum Gasteiger partial charge on any atom is -0.506 e. The number of nitrogens with one attached hydrogen (secondary N) is 1. The van der Waals surface area contributed by atoms with Gasteiger partial charge in [-0.3, -0.25) is 4.98 Å². The molecule has 2 aromatic carbocycles. The second kappa shape index (κ2) is 6.88. The highest BCUT2D eigenvalue weighted by atomic mass is 16.3. The molecule has 0 saturated carbocycles. The first-order chi connectivity index (χ1) is 13.4. The summed E-state index contributed by atoms with van der Waals surface area (Å²) in [7, 11) is 0. The van der Waals surface area contributed by atoms with Crippen LogP contribution in [0.4, 0.5) is 17.3 Å². The Morgan fingerprint density at radius 1 is 1.00 bits per heavy atom. The third kappa shape index (κ3) is 3.36. The van der Waals surface area contributed by atoms with Crippen LogP contribution >= 0.6 is 0 Å². The van der Waals surface area contributed by atoms with Crippen molar-refractivity contribution >= 4 is 28.4 Å². The molecule has 0 spiro atoms. The smallest absolute Gasteiger partial charge is 0.208 e. The zero-order valence-electron chi connectivity index (χ0n) is 16.2. The van der Waals surface area contributed by atoms with Crippen molar-refractivity contribution in [1.82, 2.24) is 14.5 Å². The average molecular weight is 373 g/mol. The Morgan fingerprint density at radius 2 is 1.75 bits per heavy atom. The van der Waals surface area contributed by atoms with Crippen molar-refractivity contribution in [2.75, 3.05) is 11.1 Å². The zero-order valence-corrected chi connectivity index (χ0v) is 16.2. The first-order valence-corrected chi connectivity index (χ1v) is 9.16. The molecule has 6 nitrogen and oxygen atoms in total. The molecule has 0 aliphatic heterocycles. The van der Waals surface area contributed by atoms with Crippen LogP contribution < -0.4 is 11.1 Å². The molecule has 2 heterocycles. The number of aromatic nitrogens is 3. The molecule has 142 valence electrons. The number of imidazole rings is 1. The summed E-state index contributed by atoms with van der Waals surface area (Å²) >= 11 is 0. The Bertz CT molecular complexity index is 1160. The SMILES string of the molecule is Cc1cc(C)c2nc(Nc3ccc(N)cc3)n(Cc3nc(C)ccc3O)c2c1. The number of aryl methyl sites for hydroxylation is 3. The van der Waals surface area contributed by atoms with Crippen LogP contribution in [-0.4, -0.2) is 19.6 Å². The third-order valence-corrected chi connectivity index (χ3v) is 4.75. The molecule has 0 saturated heterocycles. The predicted octanol–water partition coefficient (Wildman–Crippen LogP) is 4.44. The van der Waals surface area contributed by atoms with Crippen LogP contribution in [0.2, 0.25) is 0 Å². The Labute approximate surface area is 163 Å². The molecular weight excluding hydrogens is 350 g/mol. The van der Waals surface area contributed by atoms with Crippen molar-refractivity contribution < 1.29 is 5.11 Å². The molecule has 0 amide bonds. The van der Waals surface area contributed by atoms with Gasteiger partial charge in [0.2, 0.25) is 5.95 Å². The van der Waals surface area contributed by atoms with Crippen LogP contribution in [0.1, 0.15) is 22.5 Å². The van der Waals surface area contributed by atoms with Crippen LogP contribution in [0.3, 0.4) is 0 Å². The van der Waals surface area contributed by atoms with Crippen LogP contribution in [-0.2, 0) is 6.54 Å². The molecule has 6 heteroatoms. The number of fused-ring (bicyclic) bond motifs is 1. The summed E-state index contributed by atoms with van der Waals surface area (Å²) in [6.07, 6.45) is 0. The Kier molecular flexibility index (Phi) is 4.39. The van der Waals surface area contributed by atoms with Crippen LogP contribution in [0, 0.1) is 20.8 Å². The van der Waals surface area contributed by atoms with Crippen LogP contribution in [0.5, 0.6) is 5.75 Å². The van der Waals surface area contributed by atoms with Gasteiger partial charge in [0.1, 0.15) is 11.4 Å². The number of pyridine rings is 1. The van der Waals surface area contributed by atoms with E-state index in [1.54, 1.807) is 12.1 Å². The van der Waals surface area contributed by atoms with E-state index in [0.717, 1.165) is 33.5 Å². The van der Waals surface area contributed by atoms with Gasteiger partial charge in [0.25, 0.3) is 0 Å². The number of hydrogen-bond donors (Lipinski definition) is 3. The maximum Gasteiger partial charge on any atom is 0.208 e. The summed E-state index contributed by atoms with van der Waals surface area (Å²) in [5.41, 5.74) is 13.1. The normalized spacial score (nSPS) is 11.1. The lowest BCUT2D eigenvalue weighted by atomic mass is 10.1. The minimum absolute atomic E-state index is 0.176. The van der Waals surface area contributed by atoms with Crippen LogP contribution in [0.25, 0.3) is 11.0 Å². The fraction of sp³-hybridized carbons (Fsp3) is 0.182. The largest absolute Gasteiger partial charge is 0.506 e. The molecule has 0 atom stereocenters. The lowest BCUT2D eigenvalue weighted by molar-refractivity contribution is 0.461. The van der Waals surface area contributed by atoms with Crippen molar-refractivity contribution in [3.8, 4) is 5.75 Å². The highest BCUT2D eigenvalue weighted by molar-refractivity contribution is 5.83. The molecule has 0 unspecified atom stereocenters. The van der Waals surface area contributed by atoms with E-state index in [4.69, 9.17) is 10.7 Å². The van der Waals surface area contributed by atoms with Crippen molar-refractivity contribution in [3.63, 3.8) is 0 Å². The Balaban J connectivity index is 1.85. The van der Waals surface area contributed by atoms with E-state index in [1.165, 1.54) is 0 Å². The zero-order chi connectivity index (χ0) is 19.8. The van der Waals surface area contributed by atoms with Gasteiger partial charge < -0.3 is 20.7 Å². The van der Waals surface area contributed by atoms with Gasteiger partial charge in [-0.25, -0.2) is 4.98 Å². The van der Waals surface area contributed by atoms with Crippen molar-refractivity contribution in [1.29, 1.82) is 0 Å². The molecule has 4 rings (SSSR count). The van der Waals surface area contributed by atoms with E-state index in [0.29, 0.717) is 23.9 Å². The molecule has 2 aromatic heterocycles. The summed E-state index contributed by atoms with van der Waals surface area (Å²) in [5.74, 6) is 0.867. The lowest BCUT2D eigenvalue weighted by Crippen LogP contribution is -2.07. The first-order valence-electron chi connectivity index (χ1n) is 9.16. The van der Waals surface area contributed by atoms with Gasteiger partial charge in [0, 0.05) is 17.1 Å². The molecule has 0 aliphatic rings. The van der Waals surface area contributed by atoms with E-state index >= 15 is 0 Å². The lowest BCUT2D eigenvalue weighted by Gasteiger charge is -2.12. The molecule has 0 bridgehead atoms. The molecule has 0 radical (unpaired) electrons. The Hall–Kier alpha value is -3.54. The van der Waals surface area contributed by atoms with Crippen molar-refractivity contribution in [2.24, 2.45) is 0 Å². The quantitative estimate of drug-likeness (QED) is 0.460. The maximum absolute atomic E-state index is 10.3. The second-order valence-corrected chi connectivity index (χ2v) is 7.14. The molecule has 4 aromatic rings. The number of nitrogens with two attached hydrogens (primary N) is 1. The monoisotopic (exact) mass is 373 g/mol. The highest BCUT2D eigenvalue weighted by Gasteiger charge is 2.16. The van der Waals surface area contributed by atoms with Gasteiger partial charge in [-0.15, -0.1) is 0 Å². The molecule has 28 heavy (non-hydrogen) atoms. The summed E-state index contributed by atoms with van der Waals surface area (Å²) in [6, 6.07) is 15.2. The van der Waals surface area contributed by atoms with Gasteiger partial charge in [-0.2, -0.15) is 0 Å². The van der Waals surface area contributed by atoms with E-state index < -0.39 is 0 Å². The number of anilines is 3.